The van der Waals surface area contributed by atoms with Gasteiger partial charge >= 0.3 is 0 Å². The summed E-state index contributed by atoms with van der Waals surface area (Å²) < 4.78 is 5.55. The number of hydrogen-bond donors (Lipinski definition) is 1. The Balaban J connectivity index is 1.63. The first-order valence-electron chi connectivity index (χ1n) is 5.73. The zero-order valence-electron chi connectivity index (χ0n) is 8.65. The molecule has 0 aromatic heterocycles. The normalized spacial score (nSPS) is 34.9. The van der Waals surface area contributed by atoms with Crippen molar-refractivity contribution in [3.63, 3.8) is 0 Å². The van der Waals surface area contributed by atoms with Gasteiger partial charge in [-0.1, -0.05) is 0 Å². The number of aliphatic hydroxyl groups excluding tert-OH is 1. The summed E-state index contributed by atoms with van der Waals surface area (Å²) in [6.07, 6.45) is 5.98. The number of aliphatic hydroxyl groups is 1. The number of thioether (sulfide) groups is 1. The molecular weight excluding hydrogens is 196 g/mol. The molecule has 0 aromatic carbocycles. The lowest BCUT2D eigenvalue weighted by Crippen LogP contribution is -2.21. The van der Waals surface area contributed by atoms with Gasteiger partial charge in [-0.3, -0.25) is 0 Å². The molecule has 14 heavy (non-hydrogen) atoms. The van der Waals surface area contributed by atoms with Crippen LogP contribution in [0.15, 0.2) is 0 Å². The molecule has 2 heterocycles. The molecule has 3 unspecified atom stereocenters. The second kappa shape index (κ2) is 5.38. The van der Waals surface area contributed by atoms with E-state index in [4.69, 9.17) is 4.74 Å². The highest BCUT2D eigenvalue weighted by Gasteiger charge is 2.25. The Kier molecular flexibility index (Phi) is 4.14. The van der Waals surface area contributed by atoms with Gasteiger partial charge in [0.05, 0.1) is 12.2 Å². The zero-order chi connectivity index (χ0) is 9.80. The molecule has 0 aliphatic carbocycles. The molecule has 2 nitrogen and oxygen atoms in total. The van der Waals surface area contributed by atoms with Crippen LogP contribution in [0.25, 0.3) is 0 Å². The van der Waals surface area contributed by atoms with Gasteiger partial charge in [0.25, 0.3) is 0 Å². The molecule has 3 heteroatoms. The van der Waals surface area contributed by atoms with E-state index in [0.717, 1.165) is 25.2 Å². The molecule has 0 radical (unpaired) electrons. The monoisotopic (exact) mass is 216 g/mol. The zero-order valence-corrected chi connectivity index (χ0v) is 9.47. The lowest BCUT2D eigenvalue weighted by Gasteiger charge is -2.18. The quantitative estimate of drug-likeness (QED) is 0.780. The van der Waals surface area contributed by atoms with Crippen molar-refractivity contribution in [2.45, 2.75) is 44.3 Å². The van der Waals surface area contributed by atoms with Crippen molar-refractivity contribution in [2.24, 2.45) is 5.92 Å². The van der Waals surface area contributed by atoms with Crippen molar-refractivity contribution in [3.8, 4) is 0 Å². The second-order valence-electron chi connectivity index (χ2n) is 4.40. The summed E-state index contributed by atoms with van der Waals surface area (Å²) >= 11 is 1.98. The van der Waals surface area contributed by atoms with Crippen LogP contribution in [0.3, 0.4) is 0 Å². The van der Waals surface area contributed by atoms with Crippen molar-refractivity contribution in [1.82, 2.24) is 0 Å². The van der Waals surface area contributed by atoms with E-state index < -0.39 is 0 Å². The minimum Gasteiger partial charge on any atom is -0.393 e. The maximum Gasteiger partial charge on any atom is 0.0577 e. The van der Waals surface area contributed by atoms with E-state index in [-0.39, 0.29) is 6.10 Å². The van der Waals surface area contributed by atoms with Gasteiger partial charge < -0.3 is 9.84 Å². The molecule has 1 N–H and O–H groups in total. The third kappa shape index (κ3) is 2.88. The Labute approximate surface area is 90.4 Å². The molecule has 2 saturated heterocycles. The Bertz CT molecular complexity index is 163. The lowest BCUT2D eigenvalue weighted by molar-refractivity contribution is 0.0642. The fourth-order valence-electron chi connectivity index (χ4n) is 2.32. The predicted octanol–water partition coefficient (Wildman–Crippen LogP) is 2.06. The topological polar surface area (TPSA) is 29.5 Å². The van der Waals surface area contributed by atoms with Gasteiger partial charge in [-0.15, -0.1) is 0 Å². The number of ether oxygens (including phenoxy) is 1. The molecule has 0 bridgehead atoms. The van der Waals surface area contributed by atoms with Crippen LogP contribution in [-0.2, 0) is 4.74 Å². The van der Waals surface area contributed by atoms with Crippen molar-refractivity contribution < 1.29 is 9.84 Å². The molecule has 0 saturated carbocycles. The average Bonchev–Trinajstić information content (AvgIpc) is 2.87. The van der Waals surface area contributed by atoms with Gasteiger partial charge in [0.1, 0.15) is 0 Å². The van der Waals surface area contributed by atoms with Crippen LogP contribution in [0, 0.1) is 5.92 Å². The highest BCUT2D eigenvalue weighted by molar-refractivity contribution is 7.99. The lowest BCUT2D eigenvalue weighted by atomic mass is 9.96. The Morgan fingerprint density at radius 1 is 1.43 bits per heavy atom. The van der Waals surface area contributed by atoms with Crippen LogP contribution in [0.4, 0.5) is 0 Å². The van der Waals surface area contributed by atoms with E-state index in [9.17, 15) is 5.11 Å². The van der Waals surface area contributed by atoms with Crippen LogP contribution in [0.1, 0.15) is 32.1 Å². The maximum atomic E-state index is 9.94. The molecular formula is C11H20O2S. The van der Waals surface area contributed by atoms with Gasteiger partial charge in [-0.2, -0.15) is 11.8 Å². The van der Waals surface area contributed by atoms with Crippen molar-refractivity contribution in [1.29, 1.82) is 0 Å². The van der Waals surface area contributed by atoms with Crippen LogP contribution in [-0.4, -0.2) is 35.4 Å². The Morgan fingerprint density at radius 3 is 3.00 bits per heavy atom. The van der Waals surface area contributed by atoms with E-state index in [1.165, 1.54) is 25.0 Å². The Hall–Kier alpha value is 0.270. The van der Waals surface area contributed by atoms with Crippen molar-refractivity contribution >= 4 is 11.8 Å². The smallest absolute Gasteiger partial charge is 0.0577 e. The maximum absolute atomic E-state index is 9.94. The first-order valence-corrected chi connectivity index (χ1v) is 6.89. The minimum absolute atomic E-state index is 0.0748. The van der Waals surface area contributed by atoms with Gasteiger partial charge in [0.2, 0.25) is 0 Å². The minimum atomic E-state index is -0.0748. The first kappa shape index (κ1) is 10.8. The standard InChI is InChI=1S/C11H20O2S/c12-11(9-5-7-14-8-9)4-3-10-2-1-6-13-10/h9-12H,1-8H2. The highest BCUT2D eigenvalue weighted by Crippen LogP contribution is 2.29. The SMILES string of the molecule is OC(CCC1CCCO1)C1CCSC1. The van der Waals surface area contributed by atoms with Gasteiger partial charge in [0.15, 0.2) is 0 Å². The summed E-state index contributed by atoms with van der Waals surface area (Å²) in [6.45, 7) is 0.931. The molecule has 2 aliphatic rings. The summed E-state index contributed by atoms with van der Waals surface area (Å²) in [4.78, 5) is 0. The molecule has 2 aliphatic heterocycles. The third-order valence-corrected chi connectivity index (χ3v) is 4.51. The fraction of sp³-hybridized carbons (Fsp3) is 1.00. The second-order valence-corrected chi connectivity index (χ2v) is 5.55. The Morgan fingerprint density at radius 2 is 2.36 bits per heavy atom. The van der Waals surface area contributed by atoms with E-state index in [2.05, 4.69) is 0 Å². The van der Waals surface area contributed by atoms with Crippen LogP contribution in [0.2, 0.25) is 0 Å². The fourth-order valence-corrected chi connectivity index (χ4v) is 3.65. The van der Waals surface area contributed by atoms with Crippen LogP contribution in [0.5, 0.6) is 0 Å². The van der Waals surface area contributed by atoms with Gasteiger partial charge in [-0.05, 0) is 49.5 Å². The number of hydrogen-bond acceptors (Lipinski definition) is 3. The highest BCUT2D eigenvalue weighted by atomic mass is 32.2. The van der Waals surface area contributed by atoms with E-state index >= 15 is 0 Å². The molecule has 3 atom stereocenters. The summed E-state index contributed by atoms with van der Waals surface area (Å²) in [5.41, 5.74) is 0. The largest absolute Gasteiger partial charge is 0.393 e. The van der Waals surface area contributed by atoms with Gasteiger partial charge in [-0.25, -0.2) is 0 Å². The van der Waals surface area contributed by atoms with Crippen molar-refractivity contribution in [2.75, 3.05) is 18.1 Å². The van der Waals surface area contributed by atoms with Gasteiger partial charge in [0, 0.05) is 6.61 Å². The molecule has 0 aromatic rings. The van der Waals surface area contributed by atoms with E-state index in [1.807, 2.05) is 11.8 Å². The summed E-state index contributed by atoms with van der Waals surface area (Å²) in [7, 11) is 0. The van der Waals surface area contributed by atoms with E-state index in [0.29, 0.717) is 12.0 Å². The predicted molar refractivity (Wildman–Crippen MR) is 59.6 cm³/mol. The van der Waals surface area contributed by atoms with Crippen LogP contribution < -0.4 is 0 Å². The molecule has 2 fully saturated rings. The number of rotatable bonds is 4. The van der Waals surface area contributed by atoms with E-state index in [1.54, 1.807) is 0 Å². The van der Waals surface area contributed by atoms with Crippen molar-refractivity contribution in [3.05, 3.63) is 0 Å². The summed E-state index contributed by atoms with van der Waals surface area (Å²) in [5.74, 6) is 2.95. The molecule has 2 rings (SSSR count). The van der Waals surface area contributed by atoms with Crippen LogP contribution >= 0.6 is 11.8 Å². The first-order chi connectivity index (χ1) is 6.86. The summed E-state index contributed by atoms with van der Waals surface area (Å²) in [6, 6.07) is 0. The summed E-state index contributed by atoms with van der Waals surface area (Å²) in [5, 5.41) is 9.94. The molecule has 82 valence electrons. The molecule has 0 amide bonds. The average molecular weight is 216 g/mol. The third-order valence-electron chi connectivity index (χ3n) is 3.32. The molecule has 0 spiro atoms.